The fourth-order valence-corrected chi connectivity index (χ4v) is 3.25. The van der Waals surface area contributed by atoms with Crippen molar-refractivity contribution in [1.29, 1.82) is 0 Å². The number of aromatic nitrogens is 1. The second-order valence-corrected chi connectivity index (χ2v) is 12.1. The molecule has 1 aromatic heterocycles. The molecule has 0 bridgehead atoms. The maximum atomic E-state index is 12.2. The Morgan fingerprint density at radius 2 is 2.09 bits per heavy atom. The van der Waals surface area contributed by atoms with Gasteiger partial charge in [0.15, 0.2) is 0 Å². The van der Waals surface area contributed by atoms with Crippen molar-refractivity contribution >= 4 is 19.7 Å². The number of hydrogen-bond acceptors (Lipinski definition) is 3. The molecule has 22 heavy (non-hydrogen) atoms. The lowest BCUT2D eigenvalue weighted by atomic mass is 9.78. The van der Waals surface area contributed by atoms with Crippen molar-refractivity contribution in [3.8, 4) is 11.5 Å². The van der Waals surface area contributed by atoms with Crippen molar-refractivity contribution in [2.75, 3.05) is 24.7 Å². The molecule has 2 saturated heterocycles. The minimum Gasteiger partial charge on any atom is -0.380 e. The van der Waals surface area contributed by atoms with E-state index < -0.39 is 8.07 Å². The third kappa shape index (κ3) is 3.23. The van der Waals surface area contributed by atoms with Crippen molar-refractivity contribution in [3.63, 3.8) is 0 Å². The van der Waals surface area contributed by atoms with Crippen molar-refractivity contribution in [2.45, 2.75) is 32.5 Å². The van der Waals surface area contributed by atoms with Gasteiger partial charge in [0.05, 0.1) is 25.1 Å². The summed E-state index contributed by atoms with van der Waals surface area (Å²) in [6.45, 7) is 8.91. The number of hydrogen-bond donors (Lipinski definition) is 0. The first-order chi connectivity index (χ1) is 10.4. The van der Waals surface area contributed by atoms with Crippen LogP contribution in [0.4, 0.5) is 5.69 Å². The summed E-state index contributed by atoms with van der Waals surface area (Å²) in [5, 5.41) is 0. The Bertz CT molecular complexity index is 633. The van der Waals surface area contributed by atoms with Crippen LogP contribution in [0.1, 0.15) is 18.5 Å². The summed E-state index contributed by atoms with van der Waals surface area (Å²) < 4.78 is 5.35. The third-order valence-electron chi connectivity index (χ3n) is 4.11. The number of rotatable bonds is 1. The summed E-state index contributed by atoms with van der Waals surface area (Å²) in [5.74, 6) is 3.32. The van der Waals surface area contributed by atoms with E-state index in [4.69, 9.17) is 4.74 Å². The molecule has 0 radical (unpaired) electrons. The van der Waals surface area contributed by atoms with Crippen LogP contribution in [-0.2, 0) is 9.53 Å². The quantitative estimate of drug-likeness (QED) is 0.591. The zero-order chi connectivity index (χ0) is 15.8. The summed E-state index contributed by atoms with van der Waals surface area (Å²) in [6, 6.07) is 3.87. The molecule has 0 aromatic carbocycles. The van der Waals surface area contributed by atoms with E-state index in [0.29, 0.717) is 6.42 Å². The summed E-state index contributed by atoms with van der Waals surface area (Å²) in [5.41, 5.74) is 5.12. The number of carbonyl (C=O) groups excluding carboxylic acids is 1. The number of amides is 1. The smallest absolute Gasteiger partial charge is 0.227 e. The average Bonchev–Trinajstić information content (AvgIpc) is 2.44. The molecule has 116 valence electrons. The number of ether oxygens (including phenoxy) is 1. The summed E-state index contributed by atoms with van der Waals surface area (Å²) in [7, 11) is -1.39. The highest BCUT2D eigenvalue weighted by atomic mass is 28.3. The van der Waals surface area contributed by atoms with Crippen molar-refractivity contribution < 1.29 is 9.53 Å². The molecule has 1 amide bonds. The van der Waals surface area contributed by atoms with Crippen LogP contribution < -0.4 is 4.90 Å². The molecule has 0 unspecified atom stereocenters. The molecule has 3 rings (SSSR count). The molecule has 5 heteroatoms. The summed E-state index contributed by atoms with van der Waals surface area (Å²) in [4.78, 5) is 18.5. The standard InChI is InChI=1S/C17H22N2O2Si/c1-22(2,3)9-7-14-4-5-15(10-18-14)19-11-17(12-21-13-17)8-6-16(19)20/h4-5,10H,6,8,11-13H2,1-3H3. The van der Waals surface area contributed by atoms with E-state index in [0.717, 1.165) is 37.6 Å². The molecule has 2 aliphatic heterocycles. The van der Waals surface area contributed by atoms with Crippen LogP contribution in [0.2, 0.25) is 19.6 Å². The van der Waals surface area contributed by atoms with E-state index in [9.17, 15) is 4.79 Å². The average molecular weight is 314 g/mol. The first-order valence-corrected chi connectivity index (χ1v) is 11.2. The van der Waals surface area contributed by atoms with Gasteiger partial charge in [-0.05, 0) is 18.6 Å². The van der Waals surface area contributed by atoms with Gasteiger partial charge in [-0.2, -0.15) is 0 Å². The van der Waals surface area contributed by atoms with Crippen LogP contribution in [0.25, 0.3) is 0 Å². The molecule has 2 aliphatic rings. The van der Waals surface area contributed by atoms with Gasteiger partial charge < -0.3 is 9.64 Å². The highest BCUT2D eigenvalue weighted by Gasteiger charge is 2.44. The van der Waals surface area contributed by atoms with Gasteiger partial charge in [-0.3, -0.25) is 4.79 Å². The predicted molar refractivity (Wildman–Crippen MR) is 89.3 cm³/mol. The Kier molecular flexibility index (Phi) is 3.83. The lowest BCUT2D eigenvalue weighted by Gasteiger charge is -2.47. The first-order valence-electron chi connectivity index (χ1n) is 7.74. The first kappa shape index (κ1) is 15.3. The van der Waals surface area contributed by atoms with Crippen molar-refractivity contribution in [3.05, 3.63) is 24.0 Å². The SMILES string of the molecule is C[Si](C)(C)C#Cc1ccc(N2CC3(CCC2=O)COC3)cn1. The summed E-state index contributed by atoms with van der Waals surface area (Å²) >= 11 is 0. The molecule has 1 spiro atoms. The van der Waals surface area contributed by atoms with E-state index in [1.807, 2.05) is 17.0 Å². The van der Waals surface area contributed by atoms with Crippen molar-refractivity contribution in [2.24, 2.45) is 5.41 Å². The maximum absolute atomic E-state index is 12.2. The molecular formula is C17H22N2O2Si. The van der Waals surface area contributed by atoms with Crippen LogP contribution >= 0.6 is 0 Å². The Morgan fingerprint density at radius 3 is 2.64 bits per heavy atom. The number of pyridine rings is 1. The fraction of sp³-hybridized carbons (Fsp3) is 0.529. The number of carbonyl (C=O) groups is 1. The molecule has 0 saturated carbocycles. The van der Waals surface area contributed by atoms with Gasteiger partial charge >= 0.3 is 0 Å². The Balaban J connectivity index is 1.76. The number of anilines is 1. The Hall–Kier alpha value is -1.64. The highest BCUT2D eigenvalue weighted by molar-refractivity contribution is 6.83. The zero-order valence-corrected chi connectivity index (χ0v) is 14.5. The van der Waals surface area contributed by atoms with Crippen LogP contribution in [0, 0.1) is 16.9 Å². The van der Waals surface area contributed by atoms with E-state index in [1.165, 1.54) is 0 Å². The lowest BCUT2D eigenvalue weighted by molar-refractivity contribution is -0.138. The van der Waals surface area contributed by atoms with Gasteiger partial charge in [0.1, 0.15) is 13.8 Å². The van der Waals surface area contributed by atoms with Gasteiger partial charge in [0.25, 0.3) is 0 Å². The normalized spacial score (nSPS) is 20.3. The minimum absolute atomic E-state index is 0.171. The van der Waals surface area contributed by atoms with Gasteiger partial charge in [-0.1, -0.05) is 25.6 Å². The summed E-state index contributed by atoms with van der Waals surface area (Å²) in [6.07, 6.45) is 3.31. The number of nitrogens with zero attached hydrogens (tertiary/aromatic N) is 2. The van der Waals surface area contributed by atoms with Gasteiger partial charge in [-0.15, -0.1) is 5.54 Å². The molecule has 4 nitrogen and oxygen atoms in total. The third-order valence-corrected chi connectivity index (χ3v) is 4.98. The molecule has 1 aromatic rings. The van der Waals surface area contributed by atoms with Gasteiger partial charge in [0, 0.05) is 18.4 Å². The van der Waals surface area contributed by atoms with E-state index >= 15 is 0 Å². The molecule has 0 aliphatic carbocycles. The zero-order valence-electron chi connectivity index (χ0n) is 13.5. The molecule has 3 heterocycles. The lowest BCUT2D eigenvalue weighted by Crippen LogP contribution is -2.56. The molecule has 0 atom stereocenters. The van der Waals surface area contributed by atoms with Crippen molar-refractivity contribution in [1.82, 2.24) is 4.98 Å². The Morgan fingerprint density at radius 1 is 1.32 bits per heavy atom. The molecule has 2 fully saturated rings. The monoisotopic (exact) mass is 314 g/mol. The van der Waals surface area contributed by atoms with Crippen LogP contribution in [-0.4, -0.2) is 38.7 Å². The van der Waals surface area contributed by atoms with E-state index in [-0.39, 0.29) is 11.3 Å². The second kappa shape index (κ2) is 5.53. The topological polar surface area (TPSA) is 42.4 Å². The minimum atomic E-state index is -1.39. The van der Waals surface area contributed by atoms with E-state index in [2.05, 4.69) is 36.1 Å². The van der Waals surface area contributed by atoms with Gasteiger partial charge in [0.2, 0.25) is 5.91 Å². The highest BCUT2D eigenvalue weighted by Crippen LogP contribution is 2.38. The van der Waals surface area contributed by atoms with Crippen LogP contribution in [0.5, 0.6) is 0 Å². The molecular weight excluding hydrogens is 292 g/mol. The second-order valence-electron chi connectivity index (χ2n) is 7.37. The number of piperidine rings is 1. The molecule has 0 N–H and O–H groups in total. The fourth-order valence-electron chi connectivity index (χ4n) is 2.74. The predicted octanol–water partition coefficient (Wildman–Crippen LogP) is 2.45. The van der Waals surface area contributed by atoms with E-state index in [1.54, 1.807) is 6.20 Å². The van der Waals surface area contributed by atoms with Gasteiger partial charge in [-0.25, -0.2) is 4.98 Å². The van der Waals surface area contributed by atoms with Crippen LogP contribution in [0.15, 0.2) is 18.3 Å². The Labute approximate surface area is 132 Å². The largest absolute Gasteiger partial charge is 0.380 e. The van der Waals surface area contributed by atoms with Crippen LogP contribution in [0.3, 0.4) is 0 Å². The maximum Gasteiger partial charge on any atom is 0.227 e.